The Hall–Kier alpha value is -2.01. The number of hydrogen-bond acceptors (Lipinski definition) is 3. The van der Waals surface area contributed by atoms with Crippen molar-refractivity contribution in [2.24, 2.45) is 0 Å². The maximum Gasteiger partial charge on any atom is 0.321 e. The molecule has 0 unspecified atom stereocenters. The number of anilines is 1. The summed E-state index contributed by atoms with van der Waals surface area (Å²) < 4.78 is 11.2. The first kappa shape index (κ1) is 17.3. The van der Waals surface area contributed by atoms with E-state index in [0.29, 0.717) is 18.9 Å². The quantitative estimate of drug-likeness (QED) is 0.780. The Morgan fingerprint density at radius 3 is 3.13 bits per heavy atom. The van der Waals surface area contributed by atoms with Crippen LogP contribution >= 0.6 is 0 Å². The molecule has 0 bridgehead atoms. The number of amides is 2. The minimum absolute atomic E-state index is 0.123. The van der Waals surface area contributed by atoms with E-state index in [2.05, 4.69) is 11.9 Å². The molecule has 1 N–H and O–H groups in total. The van der Waals surface area contributed by atoms with Gasteiger partial charge in [0.2, 0.25) is 0 Å². The average Bonchev–Trinajstić information content (AvgIpc) is 2.59. The molecule has 0 aliphatic carbocycles. The van der Waals surface area contributed by atoms with E-state index < -0.39 is 0 Å². The van der Waals surface area contributed by atoms with Gasteiger partial charge < -0.3 is 19.7 Å². The number of nitrogens with zero attached hydrogens (tertiary/aromatic N) is 1. The highest BCUT2D eigenvalue weighted by atomic mass is 16.5. The van der Waals surface area contributed by atoms with Crippen LogP contribution in [-0.4, -0.2) is 43.8 Å². The van der Waals surface area contributed by atoms with Gasteiger partial charge in [-0.3, -0.25) is 0 Å². The lowest BCUT2D eigenvalue weighted by molar-refractivity contribution is 0.00848. The normalized spacial score (nSPS) is 17.3. The molecule has 5 nitrogen and oxygen atoms in total. The Balaban J connectivity index is 1.79. The van der Waals surface area contributed by atoms with Crippen molar-refractivity contribution < 1.29 is 14.3 Å². The molecule has 1 atom stereocenters. The number of hydrogen-bond donors (Lipinski definition) is 1. The zero-order chi connectivity index (χ0) is 16.5. The summed E-state index contributed by atoms with van der Waals surface area (Å²) in [6.45, 7) is 5.59. The Labute approximate surface area is 138 Å². The van der Waals surface area contributed by atoms with Gasteiger partial charge in [-0.05, 0) is 37.8 Å². The number of rotatable bonds is 7. The smallest absolute Gasteiger partial charge is 0.321 e. The summed E-state index contributed by atoms with van der Waals surface area (Å²) in [5, 5.41) is 2.89. The van der Waals surface area contributed by atoms with Crippen LogP contribution in [0.25, 0.3) is 0 Å². The van der Waals surface area contributed by atoms with Crippen LogP contribution in [0.2, 0.25) is 0 Å². The minimum Gasteiger partial charge on any atom is -0.489 e. The topological polar surface area (TPSA) is 50.8 Å². The van der Waals surface area contributed by atoms with Gasteiger partial charge in [-0.1, -0.05) is 18.7 Å². The Kier molecular flexibility index (Phi) is 6.94. The van der Waals surface area contributed by atoms with Gasteiger partial charge in [0.1, 0.15) is 12.4 Å². The van der Waals surface area contributed by atoms with E-state index in [1.165, 1.54) is 6.42 Å². The number of ether oxygens (including phenoxy) is 2. The van der Waals surface area contributed by atoms with Gasteiger partial charge in [-0.15, -0.1) is 0 Å². The van der Waals surface area contributed by atoms with E-state index in [1.807, 2.05) is 18.2 Å². The molecule has 1 aliphatic heterocycles. The lowest BCUT2D eigenvalue weighted by Gasteiger charge is -2.25. The molecule has 2 amide bonds. The second-order valence-corrected chi connectivity index (χ2v) is 5.76. The lowest BCUT2D eigenvalue weighted by atomic mass is 10.1. The third kappa shape index (κ3) is 5.94. The predicted octanol–water partition coefficient (Wildman–Crippen LogP) is 3.67. The molecule has 1 saturated heterocycles. The number of nitrogens with one attached hydrogen (secondary N) is 1. The minimum atomic E-state index is -0.123. The highest BCUT2D eigenvalue weighted by Gasteiger charge is 2.16. The van der Waals surface area contributed by atoms with Crippen LogP contribution in [0.5, 0.6) is 5.75 Å². The maximum atomic E-state index is 12.2. The SMILES string of the molecule is C=CCOc1cccc(NC(=O)N(C)CC[C@@H]2CCCCO2)c1. The molecule has 0 aromatic heterocycles. The van der Waals surface area contributed by atoms with E-state index in [-0.39, 0.29) is 12.1 Å². The van der Waals surface area contributed by atoms with Crippen LogP contribution in [0, 0.1) is 0 Å². The van der Waals surface area contributed by atoms with Crippen molar-refractivity contribution in [1.29, 1.82) is 0 Å². The third-order valence-corrected chi connectivity index (χ3v) is 3.86. The maximum absolute atomic E-state index is 12.2. The Morgan fingerprint density at radius 1 is 1.52 bits per heavy atom. The van der Waals surface area contributed by atoms with E-state index >= 15 is 0 Å². The molecule has 1 aliphatic rings. The molecule has 1 fully saturated rings. The first-order valence-electron chi connectivity index (χ1n) is 8.16. The molecule has 23 heavy (non-hydrogen) atoms. The predicted molar refractivity (Wildman–Crippen MR) is 92.0 cm³/mol. The van der Waals surface area contributed by atoms with Gasteiger partial charge >= 0.3 is 6.03 Å². The van der Waals surface area contributed by atoms with Crippen molar-refractivity contribution in [3.8, 4) is 5.75 Å². The van der Waals surface area contributed by atoms with Crippen molar-refractivity contribution in [3.05, 3.63) is 36.9 Å². The first-order chi connectivity index (χ1) is 11.2. The number of urea groups is 1. The second-order valence-electron chi connectivity index (χ2n) is 5.76. The van der Waals surface area contributed by atoms with Crippen LogP contribution in [-0.2, 0) is 4.74 Å². The summed E-state index contributed by atoms with van der Waals surface area (Å²) in [7, 11) is 1.80. The average molecular weight is 318 g/mol. The van der Waals surface area contributed by atoms with Crippen molar-refractivity contribution in [2.45, 2.75) is 31.8 Å². The largest absolute Gasteiger partial charge is 0.489 e. The fourth-order valence-corrected chi connectivity index (χ4v) is 2.51. The monoisotopic (exact) mass is 318 g/mol. The van der Waals surface area contributed by atoms with Crippen LogP contribution in [0.3, 0.4) is 0 Å². The first-order valence-corrected chi connectivity index (χ1v) is 8.16. The number of benzene rings is 1. The van der Waals surface area contributed by atoms with Crippen molar-refractivity contribution in [2.75, 3.05) is 32.1 Å². The summed E-state index contributed by atoms with van der Waals surface area (Å²) in [6, 6.07) is 7.23. The summed E-state index contributed by atoms with van der Waals surface area (Å²) in [4.78, 5) is 13.9. The van der Waals surface area contributed by atoms with Gasteiger partial charge in [0.05, 0.1) is 6.10 Å². The van der Waals surface area contributed by atoms with Crippen molar-refractivity contribution in [3.63, 3.8) is 0 Å². The highest BCUT2D eigenvalue weighted by Crippen LogP contribution is 2.18. The third-order valence-electron chi connectivity index (χ3n) is 3.86. The van der Waals surface area contributed by atoms with E-state index in [0.717, 1.165) is 31.6 Å². The second kappa shape index (κ2) is 9.20. The zero-order valence-corrected chi connectivity index (χ0v) is 13.8. The molecule has 1 aromatic rings. The van der Waals surface area contributed by atoms with E-state index in [1.54, 1.807) is 24.1 Å². The van der Waals surface area contributed by atoms with E-state index in [9.17, 15) is 4.79 Å². The lowest BCUT2D eigenvalue weighted by Crippen LogP contribution is -2.34. The van der Waals surface area contributed by atoms with Crippen molar-refractivity contribution >= 4 is 11.7 Å². The molecular weight excluding hydrogens is 292 g/mol. The van der Waals surface area contributed by atoms with E-state index in [4.69, 9.17) is 9.47 Å². The highest BCUT2D eigenvalue weighted by molar-refractivity contribution is 5.89. The van der Waals surface area contributed by atoms with Crippen LogP contribution in [0.4, 0.5) is 10.5 Å². The van der Waals surface area contributed by atoms with Gasteiger partial charge in [0.25, 0.3) is 0 Å². The van der Waals surface area contributed by atoms with Crippen molar-refractivity contribution in [1.82, 2.24) is 4.90 Å². The van der Waals surface area contributed by atoms with Gasteiger partial charge in [-0.2, -0.15) is 0 Å². The Morgan fingerprint density at radius 2 is 2.39 bits per heavy atom. The summed E-state index contributed by atoms with van der Waals surface area (Å²) in [5.74, 6) is 0.709. The molecule has 5 heteroatoms. The summed E-state index contributed by atoms with van der Waals surface area (Å²) in [6.07, 6.45) is 6.32. The molecule has 1 aromatic carbocycles. The number of carbonyl (C=O) groups is 1. The van der Waals surface area contributed by atoms with Gasteiger partial charge in [0, 0.05) is 32.0 Å². The molecular formula is C18H26N2O3. The summed E-state index contributed by atoms with van der Waals surface area (Å²) in [5.41, 5.74) is 0.720. The number of carbonyl (C=O) groups excluding carboxylic acids is 1. The molecule has 0 radical (unpaired) electrons. The van der Waals surface area contributed by atoms with Crippen LogP contribution in [0.1, 0.15) is 25.7 Å². The fourth-order valence-electron chi connectivity index (χ4n) is 2.51. The van der Waals surface area contributed by atoms with Crippen LogP contribution in [0.15, 0.2) is 36.9 Å². The zero-order valence-electron chi connectivity index (χ0n) is 13.8. The standard InChI is InChI=1S/C18H26N2O3/c1-3-12-22-17-9-6-7-15(14-17)19-18(21)20(2)11-10-16-8-4-5-13-23-16/h3,6-7,9,14,16H,1,4-5,8,10-13H2,2H3,(H,19,21)/t16-/m0/s1. The molecule has 2 rings (SSSR count). The van der Waals surface area contributed by atoms with Gasteiger partial charge in [0.15, 0.2) is 0 Å². The molecule has 1 heterocycles. The van der Waals surface area contributed by atoms with Crippen LogP contribution < -0.4 is 10.1 Å². The summed E-state index contributed by atoms with van der Waals surface area (Å²) >= 11 is 0. The molecule has 0 saturated carbocycles. The molecule has 0 spiro atoms. The molecule has 126 valence electrons. The Bertz CT molecular complexity index is 513. The van der Waals surface area contributed by atoms with Gasteiger partial charge in [-0.25, -0.2) is 4.79 Å². The fraction of sp³-hybridized carbons (Fsp3) is 0.500.